The molecule has 1 atom stereocenters. The van der Waals surface area contributed by atoms with Crippen molar-refractivity contribution in [3.63, 3.8) is 0 Å². The number of hydrogen-bond acceptors (Lipinski definition) is 7. The summed E-state index contributed by atoms with van der Waals surface area (Å²) in [5.74, 6) is -0.0331. The van der Waals surface area contributed by atoms with Gasteiger partial charge in [0.25, 0.3) is 0 Å². The minimum Gasteiger partial charge on any atom is -0.464 e. The van der Waals surface area contributed by atoms with E-state index in [0.29, 0.717) is 18.0 Å². The molecule has 2 aromatic carbocycles. The van der Waals surface area contributed by atoms with Gasteiger partial charge in [-0.3, -0.25) is 0 Å². The van der Waals surface area contributed by atoms with Crippen LogP contribution >= 0.6 is 11.8 Å². The minimum atomic E-state index is -3.61. The number of carbonyl (C=O) groups excluding carboxylic acids is 1. The van der Waals surface area contributed by atoms with E-state index in [1.54, 1.807) is 13.0 Å². The molecule has 3 rings (SSSR count). The number of unbranched alkanes of at least 4 members (excludes halogenated alkanes) is 1. The Kier molecular flexibility index (Phi) is 9.30. The summed E-state index contributed by atoms with van der Waals surface area (Å²) in [6, 6.07) is 13.4. The summed E-state index contributed by atoms with van der Waals surface area (Å²) in [5.41, 5.74) is 1.26. The number of hydrogen-bond donors (Lipinski definition) is 0. The predicted octanol–water partition coefficient (Wildman–Crippen LogP) is 6.38. The second kappa shape index (κ2) is 12.0. The highest BCUT2D eigenvalue weighted by molar-refractivity contribution is 7.98. The van der Waals surface area contributed by atoms with Crippen LogP contribution < -0.4 is 9.64 Å². The largest absolute Gasteiger partial charge is 0.464 e. The number of rotatable bonds is 10. The normalized spacial score (nSPS) is 19.3. The van der Waals surface area contributed by atoms with Crippen LogP contribution in [0.3, 0.4) is 0 Å². The van der Waals surface area contributed by atoms with Crippen molar-refractivity contribution in [3.8, 4) is 5.75 Å². The molecule has 0 aliphatic carbocycles. The van der Waals surface area contributed by atoms with Crippen LogP contribution in [-0.2, 0) is 19.4 Å². The van der Waals surface area contributed by atoms with Gasteiger partial charge in [0.05, 0.1) is 40.2 Å². The highest BCUT2D eigenvalue weighted by atomic mass is 32.2. The summed E-state index contributed by atoms with van der Waals surface area (Å²) < 4.78 is 38.3. The van der Waals surface area contributed by atoms with Gasteiger partial charge >= 0.3 is 5.97 Å². The highest BCUT2D eigenvalue weighted by Gasteiger charge is 2.41. The Balaban J connectivity index is 2.16. The van der Waals surface area contributed by atoms with Crippen molar-refractivity contribution >= 4 is 38.9 Å². The zero-order valence-corrected chi connectivity index (χ0v) is 22.6. The molecule has 1 aliphatic heterocycles. The van der Waals surface area contributed by atoms with E-state index in [1.165, 1.54) is 24.1 Å². The van der Waals surface area contributed by atoms with E-state index in [4.69, 9.17) is 9.47 Å². The lowest BCUT2D eigenvalue weighted by atomic mass is 9.81. The first-order valence-corrected chi connectivity index (χ1v) is 14.9. The van der Waals surface area contributed by atoms with Gasteiger partial charge in [0, 0.05) is 23.7 Å². The van der Waals surface area contributed by atoms with E-state index in [1.807, 2.05) is 42.7 Å². The molecule has 190 valence electrons. The van der Waals surface area contributed by atoms with Crippen LogP contribution in [-0.4, -0.2) is 39.5 Å². The number of fused-ring (bicyclic) bond motifs is 1. The summed E-state index contributed by atoms with van der Waals surface area (Å²) in [5, 5.41) is 0. The van der Waals surface area contributed by atoms with E-state index in [2.05, 4.69) is 18.7 Å². The maximum absolute atomic E-state index is 13.8. The summed E-state index contributed by atoms with van der Waals surface area (Å²) in [4.78, 5) is 14.9. The van der Waals surface area contributed by atoms with Crippen molar-refractivity contribution < 1.29 is 22.7 Å². The molecule has 6 nitrogen and oxygen atoms in total. The fourth-order valence-corrected chi connectivity index (χ4v) is 7.19. The molecule has 2 aromatic rings. The quantitative estimate of drug-likeness (QED) is 0.157. The van der Waals surface area contributed by atoms with Crippen molar-refractivity contribution in [3.05, 3.63) is 54.8 Å². The van der Waals surface area contributed by atoms with Crippen LogP contribution in [0.4, 0.5) is 11.4 Å². The summed E-state index contributed by atoms with van der Waals surface area (Å²) in [7, 11) is -3.61. The minimum absolute atomic E-state index is 0.0869. The second-order valence-corrected chi connectivity index (χ2v) is 11.6. The third kappa shape index (κ3) is 6.41. The molecule has 0 fully saturated rings. The Bertz CT molecular complexity index is 1150. The Hall–Kier alpha value is -2.45. The van der Waals surface area contributed by atoms with Gasteiger partial charge in [-0.2, -0.15) is 0 Å². The monoisotopic (exact) mass is 517 g/mol. The molecule has 0 saturated carbocycles. The number of thioether (sulfide) groups is 1. The molecular weight excluding hydrogens is 482 g/mol. The van der Waals surface area contributed by atoms with Gasteiger partial charge in [0.15, 0.2) is 9.84 Å². The predicted molar refractivity (Wildman–Crippen MR) is 142 cm³/mol. The molecule has 0 radical (unpaired) electrons. The maximum Gasteiger partial charge on any atom is 0.333 e. The van der Waals surface area contributed by atoms with E-state index in [9.17, 15) is 13.2 Å². The van der Waals surface area contributed by atoms with Crippen LogP contribution in [0.2, 0.25) is 0 Å². The summed E-state index contributed by atoms with van der Waals surface area (Å²) >= 11 is 1.46. The number of nitrogens with zero attached hydrogens (tertiary/aromatic N) is 1. The van der Waals surface area contributed by atoms with Crippen LogP contribution in [0.5, 0.6) is 5.75 Å². The Morgan fingerprint density at radius 1 is 1.17 bits per heavy atom. The number of esters is 1. The van der Waals surface area contributed by atoms with E-state index < -0.39 is 15.8 Å². The highest BCUT2D eigenvalue weighted by Crippen LogP contribution is 2.47. The Morgan fingerprint density at radius 2 is 1.91 bits per heavy atom. The lowest BCUT2D eigenvalue weighted by Crippen LogP contribution is -2.37. The number of ether oxygens (including phenoxy) is 2. The SMILES string of the molecule is CCCCC1(CC)CN(c2ccccc2)c2cc(SC)c(O/C=C/C(=O)OCC)cc2S(=O)(=O)C1. The zero-order chi connectivity index (χ0) is 25.5. The van der Waals surface area contributed by atoms with Gasteiger partial charge < -0.3 is 14.4 Å². The standard InChI is InChI=1S/C27H35NO5S2/c1-5-8-15-27(6-2)19-28(21-12-10-9-11-13-21)22-17-24(34-4)23(18-25(22)35(30,31)20-27)33-16-14-26(29)32-7-3/h9-14,16-18H,5-8,15,19-20H2,1-4H3/b16-14+. The summed E-state index contributed by atoms with van der Waals surface area (Å²) in [6.07, 6.45) is 7.96. The van der Waals surface area contributed by atoms with Gasteiger partial charge in [-0.1, -0.05) is 44.9 Å². The fourth-order valence-electron chi connectivity index (χ4n) is 4.47. The van der Waals surface area contributed by atoms with Crippen molar-refractivity contribution in [1.82, 2.24) is 0 Å². The lowest BCUT2D eigenvalue weighted by molar-refractivity contribution is -0.137. The zero-order valence-electron chi connectivity index (χ0n) is 21.0. The molecule has 0 aromatic heterocycles. The van der Waals surface area contributed by atoms with Gasteiger partial charge in [0.2, 0.25) is 0 Å². The van der Waals surface area contributed by atoms with Gasteiger partial charge in [-0.15, -0.1) is 11.8 Å². The lowest BCUT2D eigenvalue weighted by Gasteiger charge is -2.36. The summed E-state index contributed by atoms with van der Waals surface area (Å²) in [6.45, 7) is 6.84. The van der Waals surface area contributed by atoms with Crippen LogP contribution in [0, 0.1) is 5.41 Å². The molecule has 0 bridgehead atoms. The smallest absolute Gasteiger partial charge is 0.333 e. The maximum atomic E-state index is 13.8. The number of para-hydroxylation sites is 1. The molecule has 35 heavy (non-hydrogen) atoms. The number of sulfone groups is 1. The first-order valence-electron chi connectivity index (χ1n) is 12.1. The van der Waals surface area contributed by atoms with Crippen molar-refractivity contribution in [1.29, 1.82) is 0 Å². The molecule has 0 N–H and O–H groups in total. The fraction of sp³-hybridized carbons (Fsp3) is 0.444. The van der Waals surface area contributed by atoms with Crippen LogP contribution in [0.1, 0.15) is 46.5 Å². The van der Waals surface area contributed by atoms with Crippen molar-refractivity contribution in [2.24, 2.45) is 5.41 Å². The van der Waals surface area contributed by atoms with Crippen LogP contribution in [0.15, 0.2) is 64.6 Å². The van der Waals surface area contributed by atoms with E-state index in [-0.39, 0.29) is 22.7 Å². The molecule has 0 amide bonds. The van der Waals surface area contributed by atoms with Gasteiger partial charge in [0.1, 0.15) is 5.75 Å². The Morgan fingerprint density at radius 3 is 2.54 bits per heavy atom. The number of anilines is 2. The third-order valence-electron chi connectivity index (χ3n) is 6.43. The molecule has 0 saturated heterocycles. The van der Waals surface area contributed by atoms with Crippen LogP contribution in [0.25, 0.3) is 0 Å². The number of benzene rings is 2. The average molecular weight is 518 g/mol. The van der Waals surface area contributed by atoms with E-state index in [0.717, 1.165) is 36.3 Å². The molecule has 1 unspecified atom stereocenters. The first-order chi connectivity index (χ1) is 16.8. The third-order valence-corrected chi connectivity index (χ3v) is 9.17. The molecule has 1 aliphatic rings. The van der Waals surface area contributed by atoms with Gasteiger partial charge in [-0.05, 0) is 44.2 Å². The Labute approximate surface area is 213 Å². The molecule has 8 heteroatoms. The van der Waals surface area contributed by atoms with Crippen molar-refractivity contribution in [2.75, 3.05) is 30.1 Å². The van der Waals surface area contributed by atoms with E-state index >= 15 is 0 Å². The molecule has 1 heterocycles. The molecule has 0 spiro atoms. The second-order valence-electron chi connectivity index (χ2n) is 8.78. The average Bonchev–Trinajstić information content (AvgIpc) is 2.95. The first kappa shape index (κ1) is 27.1. The molecular formula is C27H35NO5S2. The van der Waals surface area contributed by atoms with Crippen molar-refractivity contribution in [2.45, 2.75) is 56.2 Å². The topological polar surface area (TPSA) is 72.9 Å². The number of carbonyl (C=O) groups is 1. The van der Waals surface area contributed by atoms with Gasteiger partial charge in [-0.25, -0.2) is 13.2 Å².